The number of methoxy groups -OCH3 is 1. The lowest BCUT2D eigenvalue weighted by Crippen LogP contribution is -2.39. The summed E-state index contributed by atoms with van der Waals surface area (Å²) < 4.78 is 5.14. The summed E-state index contributed by atoms with van der Waals surface area (Å²) in [4.78, 5) is 30.6. The fourth-order valence-electron chi connectivity index (χ4n) is 2.49. The monoisotopic (exact) mass is 375 g/mol. The summed E-state index contributed by atoms with van der Waals surface area (Å²) in [6.07, 6.45) is 4.87. The highest BCUT2D eigenvalue weighted by molar-refractivity contribution is 7.13. The van der Waals surface area contributed by atoms with E-state index < -0.39 is 0 Å². The van der Waals surface area contributed by atoms with Gasteiger partial charge >= 0.3 is 0 Å². The fraction of sp³-hybridized carbons (Fsp3) is 0.421. The van der Waals surface area contributed by atoms with E-state index in [9.17, 15) is 9.59 Å². The van der Waals surface area contributed by atoms with Crippen molar-refractivity contribution in [3.05, 3.63) is 41.4 Å². The number of carbonyl (C=O) groups is 2. The van der Waals surface area contributed by atoms with Crippen molar-refractivity contribution in [3.63, 3.8) is 0 Å². The summed E-state index contributed by atoms with van der Waals surface area (Å²) in [5.74, 6) is 0.476. The number of ether oxygens (including phenoxy) is 1. The number of rotatable bonds is 10. The van der Waals surface area contributed by atoms with E-state index in [-0.39, 0.29) is 24.8 Å². The Balaban J connectivity index is 1.96. The molecule has 0 aliphatic rings. The largest absolute Gasteiger partial charge is 0.497 e. The smallest absolute Gasteiger partial charge is 0.245 e. The van der Waals surface area contributed by atoms with Crippen LogP contribution in [0, 0.1) is 0 Å². The molecule has 0 spiro atoms. The van der Waals surface area contributed by atoms with Gasteiger partial charge in [0.1, 0.15) is 5.75 Å². The highest BCUT2D eigenvalue weighted by atomic mass is 32.1. The highest BCUT2D eigenvalue weighted by Gasteiger charge is 2.18. The molecule has 0 bridgehead atoms. The lowest BCUT2D eigenvalue weighted by molar-refractivity contribution is -0.134. The van der Waals surface area contributed by atoms with Gasteiger partial charge in [-0.25, -0.2) is 4.98 Å². The predicted molar refractivity (Wildman–Crippen MR) is 104 cm³/mol. The number of aromatic nitrogens is 1. The van der Waals surface area contributed by atoms with Gasteiger partial charge in [0.25, 0.3) is 0 Å². The van der Waals surface area contributed by atoms with Gasteiger partial charge in [0.2, 0.25) is 11.8 Å². The number of anilines is 1. The van der Waals surface area contributed by atoms with E-state index in [0.717, 1.165) is 30.6 Å². The third-order valence-electron chi connectivity index (χ3n) is 3.91. The number of nitrogens with one attached hydrogen (secondary N) is 1. The van der Waals surface area contributed by atoms with Gasteiger partial charge in [-0.3, -0.25) is 9.59 Å². The van der Waals surface area contributed by atoms with Crippen LogP contribution in [0.4, 0.5) is 5.13 Å². The first-order chi connectivity index (χ1) is 12.6. The second kappa shape index (κ2) is 10.6. The third-order valence-corrected chi connectivity index (χ3v) is 4.60. The van der Waals surface area contributed by atoms with Crippen molar-refractivity contribution < 1.29 is 14.3 Å². The zero-order chi connectivity index (χ0) is 18.8. The normalized spacial score (nSPS) is 10.4. The van der Waals surface area contributed by atoms with E-state index in [1.807, 2.05) is 24.3 Å². The molecule has 0 atom stereocenters. The Morgan fingerprint density at radius 1 is 1.23 bits per heavy atom. The van der Waals surface area contributed by atoms with Crippen LogP contribution in [-0.4, -0.2) is 41.9 Å². The van der Waals surface area contributed by atoms with Crippen molar-refractivity contribution in [3.8, 4) is 5.75 Å². The second-order valence-corrected chi connectivity index (χ2v) is 6.83. The molecule has 1 N–H and O–H groups in total. The zero-order valence-corrected chi connectivity index (χ0v) is 16.1. The van der Waals surface area contributed by atoms with E-state index in [4.69, 9.17) is 4.74 Å². The number of hydrogen-bond donors (Lipinski definition) is 1. The molecule has 1 aromatic heterocycles. The summed E-state index contributed by atoms with van der Waals surface area (Å²) in [5.41, 5.74) is 0.900. The molecule has 1 aromatic carbocycles. The Kier molecular flexibility index (Phi) is 8.08. The van der Waals surface area contributed by atoms with Crippen molar-refractivity contribution in [2.24, 2.45) is 0 Å². The second-order valence-electron chi connectivity index (χ2n) is 5.93. The maximum Gasteiger partial charge on any atom is 0.245 e. The van der Waals surface area contributed by atoms with Crippen molar-refractivity contribution in [1.29, 1.82) is 0 Å². The van der Waals surface area contributed by atoms with Crippen LogP contribution in [0.3, 0.4) is 0 Å². The fourth-order valence-corrected chi connectivity index (χ4v) is 3.04. The van der Waals surface area contributed by atoms with E-state index in [1.165, 1.54) is 11.3 Å². The molecule has 26 heavy (non-hydrogen) atoms. The average Bonchev–Trinajstić information content (AvgIpc) is 3.14. The van der Waals surface area contributed by atoms with Gasteiger partial charge in [-0.2, -0.15) is 0 Å². The molecule has 7 heteroatoms. The molecule has 140 valence electrons. The molecule has 2 rings (SSSR count). The van der Waals surface area contributed by atoms with Crippen molar-refractivity contribution in [2.75, 3.05) is 25.5 Å². The molecule has 0 saturated heterocycles. The lowest BCUT2D eigenvalue weighted by atomic mass is 10.1. The van der Waals surface area contributed by atoms with Crippen LogP contribution in [0.5, 0.6) is 5.75 Å². The van der Waals surface area contributed by atoms with Crippen LogP contribution in [0.2, 0.25) is 0 Å². The first kappa shape index (κ1) is 19.9. The molecule has 0 unspecified atom stereocenters. The van der Waals surface area contributed by atoms with Crippen LogP contribution in [0.15, 0.2) is 35.8 Å². The maximum atomic E-state index is 12.7. The number of unbranched alkanes of at least 4 members (excludes halogenated alkanes) is 2. The summed E-state index contributed by atoms with van der Waals surface area (Å²) in [6, 6.07) is 7.41. The number of thiazole rings is 1. The Morgan fingerprint density at radius 3 is 2.62 bits per heavy atom. The Labute approximate surface area is 158 Å². The summed E-state index contributed by atoms with van der Waals surface area (Å²) in [5, 5.41) is 5.08. The van der Waals surface area contributed by atoms with Gasteiger partial charge in [-0.15, -0.1) is 11.3 Å². The Hall–Kier alpha value is -2.41. The maximum absolute atomic E-state index is 12.7. The quantitative estimate of drug-likeness (QED) is 0.647. The molecule has 2 aromatic rings. The summed E-state index contributed by atoms with van der Waals surface area (Å²) >= 11 is 1.36. The van der Waals surface area contributed by atoms with Gasteiger partial charge in [0.05, 0.1) is 20.1 Å². The molecule has 1 heterocycles. The molecule has 0 aliphatic heterocycles. The standard InChI is InChI=1S/C19H25N3O3S/c1-3-4-5-11-22(14-17(23)21-19-20-10-12-26-19)18(24)13-15-6-8-16(25-2)9-7-15/h6-10,12H,3-5,11,13-14H2,1-2H3,(H,20,21,23). The van der Waals surface area contributed by atoms with Crippen molar-refractivity contribution >= 4 is 28.3 Å². The average molecular weight is 375 g/mol. The minimum absolute atomic E-state index is 0.0400. The summed E-state index contributed by atoms with van der Waals surface area (Å²) in [7, 11) is 1.61. The molecule has 0 fully saturated rings. The van der Waals surface area contributed by atoms with E-state index in [2.05, 4.69) is 17.2 Å². The van der Waals surface area contributed by atoms with Crippen LogP contribution in [-0.2, 0) is 16.0 Å². The lowest BCUT2D eigenvalue weighted by Gasteiger charge is -2.22. The van der Waals surface area contributed by atoms with Gasteiger partial charge < -0.3 is 15.0 Å². The van der Waals surface area contributed by atoms with Gasteiger partial charge in [-0.05, 0) is 24.1 Å². The summed E-state index contributed by atoms with van der Waals surface area (Å²) in [6.45, 7) is 2.73. The predicted octanol–water partition coefficient (Wildman–Crippen LogP) is 3.35. The highest BCUT2D eigenvalue weighted by Crippen LogP contribution is 2.13. The topological polar surface area (TPSA) is 71.5 Å². The van der Waals surface area contributed by atoms with E-state index in [1.54, 1.807) is 23.6 Å². The van der Waals surface area contributed by atoms with Crippen LogP contribution in [0.1, 0.15) is 31.7 Å². The molecular weight excluding hydrogens is 350 g/mol. The first-order valence-electron chi connectivity index (χ1n) is 8.72. The van der Waals surface area contributed by atoms with E-state index in [0.29, 0.717) is 11.7 Å². The number of carbonyl (C=O) groups excluding carboxylic acids is 2. The van der Waals surface area contributed by atoms with Gasteiger partial charge in [0.15, 0.2) is 5.13 Å². The molecule has 2 amide bonds. The minimum atomic E-state index is -0.223. The Bertz CT molecular complexity index is 687. The van der Waals surface area contributed by atoms with Crippen LogP contribution in [0.25, 0.3) is 0 Å². The molecule has 6 nitrogen and oxygen atoms in total. The van der Waals surface area contributed by atoms with Gasteiger partial charge in [0, 0.05) is 18.1 Å². The number of amides is 2. The molecule has 0 saturated carbocycles. The zero-order valence-electron chi connectivity index (χ0n) is 15.2. The molecule has 0 radical (unpaired) electrons. The molecule has 0 aliphatic carbocycles. The number of benzene rings is 1. The van der Waals surface area contributed by atoms with Gasteiger partial charge in [-0.1, -0.05) is 31.9 Å². The SMILES string of the molecule is CCCCCN(CC(=O)Nc1nccs1)C(=O)Cc1ccc(OC)cc1. The number of hydrogen-bond acceptors (Lipinski definition) is 5. The van der Waals surface area contributed by atoms with Crippen LogP contribution >= 0.6 is 11.3 Å². The molecular formula is C19H25N3O3S. The van der Waals surface area contributed by atoms with E-state index >= 15 is 0 Å². The van der Waals surface area contributed by atoms with Crippen molar-refractivity contribution in [2.45, 2.75) is 32.6 Å². The number of nitrogens with zero attached hydrogens (tertiary/aromatic N) is 2. The minimum Gasteiger partial charge on any atom is -0.497 e. The van der Waals surface area contributed by atoms with Crippen LogP contribution < -0.4 is 10.1 Å². The van der Waals surface area contributed by atoms with Crippen molar-refractivity contribution in [1.82, 2.24) is 9.88 Å². The third kappa shape index (κ3) is 6.48. The first-order valence-corrected chi connectivity index (χ1v) is 9.60. The Morgan fingerprint density at radius 2 is 2.00 bits per heavy atom.